The molecule has 0 aliphatic carbocycles. The van der Waals surface area contributed by atoms with Gasteiger partial charge < -0.3 is 0 Å². The van der Waals surface area contributed by atoms with Gasteiger partial charge in [-0.15, -0.1) is 0 Å². The van der Waals surface area contributed by atoms with Gasteiger partial charge in [-0.2, -0.15) is 5.26 Å². The number of rotatable bonds is 3. The van der Waals surface area contributed by atoms with Gasteiger partial charge in [0.05, 0.1) is 6.07 Å². The van der Waals surface area contributed by atoms with E-state index in [1.54, 1.807) is 0 Å². The van der Waals surface area contributed by atoms with Crippen LogP contribution in [0.3, 0.4) is 0 Å². The van der Waals surface area contributed by atoms with Crippen molar-refractivity contribution < 1.29 is 0 Å². The first kappa shape index (κ1) is 10.5. The lowest BCUT2D eigenvalue weighted by atomic mass is 10.1. The number of nitriles is 1. The lowest BCUT2D eigenvalue weighted by Gasteiger charge is -1.98. The van der Waals surface area contributed by atoms with Crippen LogP contribution in [0.15, 0.2) is 29.8 Å². The van der Waals surface area contributed by atoms with Crippen LogP contribution in [-0.4, -0.2) is 0 Å². The Bertz CT molecular complexity index is 352. The molecule has 0 unspecified atom stereocenters. The Morgan fingerprint density at radius 1 is 1.36 bits per heavy atom. The van der Waals surface area contributed by atoms with Gasteiger partial charge in [0.15, 0.2) is 0 Å². The largest absolute Gasteiger partial charge is 0.198 e. The Balaban J connectivity index is 2.67. The van der Waals surface area contributed by atoms with E-state index in [1.807, 2.05) is 0 Å². The predicted octanol–water partition coefficient (Wildman–Crippen LogP) is 3.70. The molecular weight excluding hydrogens is 170 g/mol. The molecule has 1 rings (SSSR count). The number of hydrogen-bond acceptors (Lipinski definition) is 1. The van der Waals surface area contributed by atoms with E-state index in [-0.39, 0.29) is 0 Å². The first-order valence-electron chi connectivity index (χ1n) is 4.83. The highest BCUT2D eigenvalue weighted by molar-refractivity contribution is 5.52. The first-order valence-corrected chi connectivity index (χ1v) is 4.83. The lowest BCUT2D eigenvalue weighted by molar-refractivity contribution is 0.996. The first-order chi connectivity index (χ1) is 6.72. The fourth-order valence-electron chi connectivity index (χ4n) is 1.27. The van der Waals surface area contributed by atoms with E-state index in [2.05, 4.69) is 50.3 Å². The van der Waals surface area contributed by atoms with Gasteiger partial charge in [-0.25, -0.2) is 0 Å². The summed E-state index contributed by atoms with van der Waals surface area (Å²) in [7, 11) is 0. The van der Waals surface area contributed by atoms with Crippen LogP contribution in [0.2, 0.25) is 0 Å². The molecule has 0 bridgehead atoms. The molecule has 0 amide bonds. The van der Waals surface area contributed by atoms with Crippen molar-refractivity contribution in [3.63, 3.8) is 0 Å². The summed E-state index contributed by atoms with van der Waals surface area (Å²) < 4.78 is 0. The highest BCUT2D eigenvalue weighted by Gasteiger charge is 1.91. The maximum Gasteiger partial charge on any atom is 0.0625 e. The van der Waals surface area contributed by atoms with E-state index in [0.29, 0.717) is 6.42 Å². The summed E-state index contributed by atoms with van der Waals surface area (Å²) >= 11 is 0. The molecule has 1 aromatic carbocycles. The summed E-state index contributed by atoms with van der Waals surface area (Å²) in [6.45, 7) is 4.15. The van der Waals surface area contributed by atoms with Crippen molar-refractivity contribution in [2.75, 3.05) is 0 Å². The molecule has 0 radical (unpaired) electrons. The van der Waals surface area contributed by atoms with Gasteiger partial charge in [0.1, 0.15) is 0 Å². The molecule has 0 N–H and O–H groups in total. The quantitative estimate of drug-likeness (QED) is 0.704. The van der Waals surface area contributed by atoms with Crippen molar-refractivity contribution >= 4 is 6.08 Å². The molecule has 72 valence electrons. The van der Waals surface area contributed by atoms with Crippen molar-refractivity contribution in [2.45, 2.75) is 26.7 Å². The van der Waals surface area contributed by atoms with Crippen LogP contribution in [-0.2, 0) is 0 Å². The maximum atomic E-state index is 8.44. The molecule has 0 fully saturated rings. The van der Waals surface area contributed by atoms with Crippen LogP contribution in [0.25, 0.3) is 6.08 Å². The van der Waals surface area contributed by atoms with Crippen LogP contribution in [0.5, 0.6) is 0 Å². The van der Waals surface area contributed by atoms with Crippen molar-refractivity contribution in [3.05, 3.63) is 41.0 Å². The molecule has 0 atom stereocenters. The van der Waals surface area contributed by atoms with Crippen LogP contribution in [0.4, 0.5) is 0 Å². The highest BCUT2D eigenvalue weighted by Crippen LogP contribution is 2.11. The van der Waals surface area contributed by atoms with Crippen LogP contribution >= 0.6 is 0 Å². The smallest absolute Gasteiger partial charge is 0.0625 e. The highest BCUT2D eigenvalue weighted by atomic mass is 14.2. The molecule has 0 aliphatic heterocycles. The normalized spacial score (nSPS) is 11.1. The van der Waals surface area contributed by atoms with Crippen molar-refractivity contribution in [1.29, 1.82) is 5.26 Å². The average molecular weight is 185 g/mol. The van der Waals surface area contributed by atoms with Crippen molar-refractivity contribution in [3.8, 4) is 6.07 Å². The SMILES string of the molecule is C/C(=C\c1ccc(C)cc1)CCC#N. The van der Waals surface area contributed by atoms with E-state index in [1.165, 1.54) is 16.7 Å². The molecule has 1 heteroatoms. The Morgan fingerprint density at radius 2 is 2.00 bits per heavy atom. The molecule has 1 aromatic rings. The predicted molar refractivity (Wildman–Crippen MR) is 59.7 cm³/mol. The number of benzene rings is 1. The third kappa shape index (κ3) is 3.45. The summed E-state index contributed by atoms with van der Waals surface area (Å²) in [5.74, 6) is 0. The van der Waals surface area contributed by atoms with Gasteiger partial charge in [-0.05, 0) is 25.8 Å². The van der Waals surface area contributed by atoms with E-state index in [4.69, 9.17) is 5.26 Å². The molecule has 0 spiro atoms. The molecule has 0 aliphatic rings. The lowest BCUT2D eigenvalue weighted by Crippen LogP contribution is -1.78. The van der Waals surface area contributed by atoms with Gasteiger partial charge >= 0.3 is 0 Å². The average Bonchev–Trinajstić information content (AvgIpc) is 2.18. The van der Waals surface area contributed by atoms with E-state index in [9.17, 15) is 0 Å². The minimum Gasteiger partial charge on any atom is -0.198 e. The fraction of sp³-hybridized carbons (Fsp3) is 0.308. The van der Waals surface area contributed by atoms with Crippen LogP contribution in [0, 0.1) is 18.3 Å². The molecular formula is C13H15N. The zero-order valence-corrected chi connectivity index (χ0v) is 8.75. The van der Waals surface area contributed by atoms with Gasteiger partial charge in [0.25, 0.3) is 0 Å². The Labute approximate surface area is 85.7 Å². The molecule has 0 saturated heterocycles. The van der Waals surface area contributed by atoms with Crippen molar-refractivity contribution in [2.24, 2.45) is 0 Å². The monoisotopic (exact) mass is 185 g/mol. The van der Waals surface area contributed by atoms with E-state index in [0.717, 1.165) is 6.42 Å². The van der Waals surface area contributed by atoms with Crippen LogP contribution in [0.1, 0.15) is 30.9 Å². The molecule has 0 saturated carbocycles. The Hall–Kier alpha value is -1.55. The Kier molecular flexibility index (Phi) is 3.94. The zero-order chi connectivity index (χ0) is 10.4. The van der Waals surface area contributed by atoms with Crippen LogP contribution < -0.4 is 0 Å². The topological polar surface area (TPSA) is 23.8 Å². The van der Waals surface area contributed by atoms with E-state index >= 15 is 0 Å². The van der Waals surface area contributed by atoms with Gasteiger partial charge in [-0.3, -0.25) is 0 Å². The summed E-state index contributed by atoms with van der Waals surface area (Å²) in [6.07, 6.45) is 3.61. The summed E-state index contributed by atoms with van der Waals surface area (Å²) in [5.41, 5.74) is 3.75. The number of hydrogen-bond donors (Lipinski definition) is 0. The molecule has 0 heterocycles. The molecule has 0 aromatic heterocycles. The number of allylic oxidation sites excluding steroid dienone is 1. The van der Waals surface area contributed by atoms with Crippen molar-refractivity contribution in [1.82, 2.24) is 0 Å². The summed E-state index contributed by atoms with van der Waals surface area (Å²) in [6, 6.07) is 10.6. The van der Waals surface area contributed by atoms with Gasteiger partial charge in [-0.1, -0.05) is 41.5 Å². The molecule has 14 heavy (non-hydrogen) atoms. The fourth-order valence-corrected chi connectivity index (χ4v) is 1.27. The number of nitrogens with zero attached hydrogens (tertiary/aromatic N) is 1. The van der Waals surface area contributed by atoms with E-state index < -0.39 is 0 Å². The summed E-state index contributed by atoms with van der Waals surface area (Å²) in [4.78, 5) is 0. The minimum atomic E-state index is 0.605. The third-order valence-corrected chi connectivity index (χ3v) is 2.12. The third-order valence-electron chi connectivity index (χ3n) is 2.12. The molecule has 1 nitrogen and oxygen atoms in total. The second-order valence-corrected chi connectivity index (χ2v) is 3.56. The maximum absolute atomic E-state index is 8.44. The van der Waals surface area contributed by atoms with Gasteiger partial charge in [0, 0.05) is 6.42 Å². The minimum absolute atomic E-state index is 0.605. The standard InChI is InChI=1S/C13H15N/c1-11-5-7-13(8-6-11)10-12(2)4-3-9-14/h5-8,10H,3-4H2,1-2H3/b12-10+. The second-order valence-electron chi connectivity index (χ2n) is 3.56. The second kappa shape index (κ2) is 5.24. The van der Waals surface area contributed by atoms with Gasteiger partial charge in [0.2, 0.25) is 0 Å². The summed E-state index contributed by atoms with van der Waals surface area (Å²) in [5, 5.41) is 8.44. The zero-order valence-electron chi connectivity index (χ0n) is 8.75. The number of aryl methyl sites for hydroxylation is 1. The Morgan fingerprint density at radius 3 is 2.57 bits per heavy atom.